The van der Waals surface area contributed by atoms with Crippen LogP contribution in [0.1, 0.15) is 47.5 Å². The largest absolute Gasteiger partial charge is 0.480 e. The van der Waals surface area contributed by atoms with Gasteiger partial charge in [-0.05, 0) is 26.2 Å². The van der Waals surface area contributed by atoms with Crippen LogP contribution in [0.5, 0.6) is 0 Å². The molecule has 24 heavy (non-hydrogen) atoms. The van der Waals surface area contributed by atoms with Crippen LogP contribution in [0.3, 0.4) is 0 Å². The summed E-state index contributed by atoms with van der Waals surface area (Å²) < 4.78 is 4.97. The molecule has 0 radical (unpaired) electrons. The Bertz CT molecular complexity index is 453. The number of carboxylic acid groups (broad SMARTS) is 1. The Morgan fingerprint density at radius 1 is 1.04 bits per heavy atom. The van der Waals surface area contributed by atoms with Crippen molar-refractivity contribution in [2.24, 2.45) is 5.92 Å². The van der Waals surface area contributed by atoms with Crippen LogP contribution in [-0.2, 0) is 23.9 Å². The summed E-state index contributed by atoms with van der Waals surface area (Å²) in [6.07, 6.45) is -0.301. The van der Waals surface area contributed by atoms with Crippen LogP contribution in [0, 0.1) is 5.92 Å². The third kappa shape index (κ3) is 10.1. The number of carboxylic acids is 1. The lowest BCUT2D eigenvalue weighted by Gasteiger charge is -2.22. The summed E-state index contributed by atoms with van der Waals surface area (Å²) in [5, 5.41) is 13.9. The van der Waals surface area contributed by atoms with Gasteiger partial charge in [-0.1, -0.05) is 13.8 Å². The molecule has 2 amide bonds. The maximum atomic E-state index is 12.2. The van der Waals surface area contributed by atoms with Crippen molar-refractivity contribution in [1.29, 1.82) is 0 Å². The highest BCUT2D eigenvalue weighted by atomic mass is 32.1. The van der Waals surface area contributed by atoms with Gasteiger partial charge in [0.25, 0.3) is 0 Å². The molecule has 0 saturated carbocycles. The Kier molecular flexibility index (Phi) is 12.0. The molecule has 0 aliphatic carbocycles. The van der Waals surface area contributed by atoms with Crippen molar-refractivity contribution in [3.8, 4) is 0 Å². The molecule has 0 aliphatic rings. The fourth-order valence-corrected chi connectivity index (χ4v) is 1.87. The maximum absolute atomic E-state index is 12.2. The Morgan fingerprint density at radius 3 is 1.96 bits per heavy atom. The molecule has 3 N–H and O–H groups in total. The van der Waals surface area contributed by atoms with Gasteiger partial charge in [-0.25, -0.2) is 4.79 Å². The third-order valence-corrected chi connectivity index (χ3v) is 2.93. The van der Waals surface area contributed by atoms with E-state index in [1.54, 1.807) is 27.7 Å². The number of carbonyl (C=O) groups excluding carboxylic acids is 3. The summed E-state index contributed by atoms with van der Waals surface area (Å²) >= 11 is 0. The SMILES string of the molecule is CC(=O)NC(CCC(=O)OC(C)C)C(=O)NC(C(=O)O)C(C)C.S. The fourth-order valence-electron chi connectivity index (χ4n) is 1.87. The van der Waals surface area contributed by atoms with E-state index in [4.69, 9.17) is 9.84 Å². The van der Waals surface area contributed by atoms with E-state index in [-0.39, 0.29) is 38.4 Å². The molecule has 0 aromatic carbocycles. The number of amides is 2. The first kappa shape index (κ1) is 24.5. The van der Waals surface area contributed by atoms with Gasteiger partial charge in [0.15, 0.2) is 0 Å². The lowest BCUT2D eigenvalue weighted by molar-refractivity contribution is -0.148. The number of carbonyl (C=O) groups is 4. The molecule has 0 aliphatic heterocycles. The van der Waals surface area contributed by atoms with Crippen molar-refractivity contribution in [2.45, 2.75) is 65.6 Å². The fraction of sp³-hybridized carbons (Fsp3) is 0.733. The van der Waals surface area contributed by atoms with Gasteiger partial charge < -0.3 is 20.5 Å². The van der Waals surface area contributed by atoms with Gasteiger partial charge in [-0.3, -0.25) is 14.4 Å². The summed E-state index contributed by atoms with van der Waals surface area (Å²) in [5.74, 6) is -3.05. The molecule has 2 atom stereocenters. The molecule has 0 bridgehead atoms. The molecule has 0 aromatic rings. The van der Waals surface area contributed by atoms with Gasteiger partial charge in [0.05, 0.1) is 6.10 Å². The summed E-state index contributed by atoms with van der Waals surface area (Å²) in [5.41, 5.74) is 0. The van der Waals surface area contributed by atoms with Crippen molar-refractivity contribution in [3.63, 3.8) is 0 Å². The van der Waals surface area contributed by atoms with E-state index >= 15 is 0 Å². The number of nitrogens with one attached hydrogen (secondary N) is 2. The second-order valence-corrected chi connectivity index (χ2v) is 5.90. The summed E-state index contributed by atoms with van der Waals surface area (Å²) in [6, 6.07) is -2.06. The zero-order valence-electron chi connectivity index (χ0n) is 14.7. The zero-order chi connectivity index (χ0) is 18.2. The number of esters is 1. The van der Waals surface area contributed by atoms with Gasteiger partial charge in [0.1, 0.15) is 12.1 Å². The third-order valence-electron chi connectivity index (χ3n) is 2.93. The van der Waals surface area contributed by atoms with Crippen molar-refractivity contribution in [1.82, 2.24) is 10.6 Å². The number of hydrogen-bond donors (Lipinski definition) is 3. The van der Waals surface area contributed by atoms with Crippen molar-refractivity contribution < 1.29 is 29.0 Å². The highest BCUT2D eigenvalue weighted by Crippen LogP contribution is 2.06. The molecule has 0 rings (SSSR count). The van der Waals surface area contributed by atoms with Crippen LogP contribution in [0.4, 0.5) is 0 Å². The quantitative estimate of drug-likeness (QED) is 0.514. The summed E-state index contributed by atoms with van der Waals surface area (Å²) in [6.45, 7) is 7.97. The molecule has 0 spiro atoms. The minimum absolute atomic E-state index is 0. The maximum Gasteiger partial charge on any atom is 0.326 e. The van der Waals surface area contributed by atoms with E-state index in [1.807, 2.05) is 0 Å². The van der Waals surface area contributed by atoms with E-state index in [0.29, 0.717) is 0 Å². The molecular weight excluding hydrogens is 336 g/mol. The van der Waals surface area contributed by atoms with Crippen molar-refractivity contribution in [2.75, 3.05) is 0 Å². The molecule has 9 heteroatoms. The highest BCUT2D eigenvalue weighted by molar-refractivity contribution is 7.59. The topological polar surface area (TPSA) is 122 Å². The van der Waals surface area contributed by atoms with E-state index in [9.17, 15) is 19.2 Å². The first-order valence-corrected chi connectivity index (χ1v) is 7.54. The molecule has 0 saturated heterocycles. The zero-order valence-corrected chi connectivity index (χ0v) is 15.7. The standard InChI is InChI=1S/C15H26N2O6.H2S/c1-8(2)13(15(21)22)17-14(20)11(16-10(5)18)6-7-12(19)23-9(3)4;/h8-9,11,13H,6-7H2,1-5H3,(H,16,18)(H,17,20)(H,21,22);1H2. The average molecular weight is 364 g/mol. The van der Waals surface area contributed by atoms with E-state index in [0.717, 1.165) is 0 Å². The first-order valence-electron chi connectivity index (χ1n) is 7.54. The minimum Gasteiger partial charge on any atom is -0.480 e. The predicted molar refractivity (Wildman–Crippen MR) is 92.9 cm³/mol. The lowest BCUT2D eigenvalue weighted by atomic mass is 10.0. The van der Waals surface area contributed by atoms with Gasteiger partial charge >= 0.3 is 11.9 Å². The number of aliphatic carboxylic acids is 1. The van der Waals surface area contributed by atoms with Crippen LogP contribution < -0.4 is 10.6 Å². The van der Waals surface area contributed by atoms with E-state index in [2.05, 4.69) is 10.6 Å². The van der Waals surface area contributed by atoms with E-state index < -0.39 is 35.8 Å². The van der Waals surface area contributed by atoms with Gasteiger partial charge in [0, 0.05) is 13.3 Å². The Morgan fingerprint density at radius 2 is 1.58 bits per heavy atom. The second-order valence-electron chi connectivity index (χ2n) is 5.90. The van der Waals surface area contributed by atoms with Crippen LogP contribution in [0.15, 0.2) is 0 Å². The minimum atomic E-state index is -1.16. The molecule has 2 unspecified atom stereocenters. The van der Waals surface area contributed by atoms with Gasteiger partial charge in [-0.15, -0.1) is 0 Å². The Hall–Kier alpha value is -1.77. The smallest absolute Gasteiger partial charge is 0.326 e. The lowest BCUT2D eigenvalue weighted by Crippen LogP contribution is -2.53. The van der Waals surface area contributed by atoms with Crippen molar-refractivity contribution >= 4 is 37.2 Å². The van der Waals surface area contributed by atoms with E-state index in [1.165, 1.54) is 6.92 Å². The van der Waals surface area contributed by atoms with Crippen LogP contribution >= 0.6 is 13.5 Å². The molecule has 0 heterocycles. The predicted octanol–water partition coefficient (Wildman–Crippen LogP) is 0.561. The number of ether oxygens (including phenoxy) is 1. The number of rotatable bonds is 9. The highest BCUT2D eigenvalue weighted by Gasteiger charge is 2.28. The number of hydrogen-bond acceptors (Lipinski definition) is 5. The van der Waals surface area contributed by atoms with Crippen LogP contribution in [0.2, 0.25) is 0 Å². The molecule has 140 valence electrons. The second kappa shape index (κ2) is 11.7. The monoisotopic (exact) mass is 364 g/mol. The summed E-state index contributed by atoms with van der Waals surface area (Å²) in [4.78, 5) is 46.1. The molecule has 8 nitrogen and oxygen atoms in total. The Balaban J connectivity index is 0. The molecule has 0 aromatic heterocycles. The van der Waals surface area contributed by atoms with Gasteiger partial charge in [0.2, 0.25) is 11.8 Å². The van der Waals surface area contributed by atoms with Crippen molar-refractivity contribution in [3.05, 3.63) is 0 Å². The van der Waals surface area contributed by atoms with Crippen LogP contribution in [0.25, 0.3) is 0 Å². The first-order chi connectivity index (χ1) is 10.5. The van der Waals surface area contributed by atoms with Gasteiger partial charge in [-0.2, -0.15) is 13.5 Å². The molecular formula is C15H28N2O6S. The summed E-state index contributed by atoms with van der Waals surface area (Å²) in [7, 11) is 0. The Labute approximate surface area is 149 Å². The van der Waals surface area contributed by atoms with Crippen LogP contribution in [-0.4, -0.2) is 47.0 Å². The molecule has 0 fully saturated rings. The average Bonchev–Trinajstić information content (AvgIpc) is 2.38. The normalized spacial score (nSPS) is 12.8.